The first-order valence-electron chi connectivity index (χ1n) is 12.4. The molecule has 5 nitrogen and oxygen atoms in total. The van der Waals surface area contributed by atoms with Gasteiger partial charge in [-0.3, -0.25) is 4.79 Å². The number of pyridine rings is 1. The number of rotatable bonds is 16. The summed E-state index contributed by atoms with van der Waals surface area (Å²) in [5.41, 5.74) is 0.657. The van der Waals surface area contributed by atoms with E-state index in [1.54, 1.807) is 6.20 Å². The van der Waals surface area contributed by atoms with Gasteiger partial charge in [0.1, 0.15) is 5.82 Å². The number of piperazine rings is 1. The Morgan fingerprint density at radius 3 is 1.94 bits per heavy atom. The van der Waals surface area contributed by atoms with Gasteiger partial charge in [-0.1, -0.05) is 80.1 Å². The number of nitrogens with one attached hydrogen (secondary N) is 1. The third kappa shape index (κ3) is 11.3. The first kappa shape index (κ1) is 26.1. The Balaban J connectivity index is 1.44. The summed E-state index contributed by atoms with van der Waals surface area (Å²) in [7, 11) is 2.15. The SMILES string of the molecule is CN1CCN(c2ccc(C(=O)NCCCCCCCCCCCCCCBr)cn2)CC1. The Hall–Kier alpha value is -1.14. The van der Waals surface area contributed by atoms with Crippen molar-refractivity contribution in [2.45, 2.75) is 77.0 Å². The fourth-order valence-electron chi connectivity index (χ4n) is 4.03. The molecule has 0 unspecified atom stereocenters. The van der Waals surface area contributed by atoms with Crippen molar-refractivity contribution >= 4 is 27.7 Å². The average Bonchev–Trinajstić information content (AvgIpc) is 2.80. The van der Waals surface area contributed by atoms with Crippen molar-refractivity contribution in [3.8, 4) is 0 Å². The fraction of sp³-hybridized carbons (Fsp3) is 0.760. The average molecular weight is 496 g/mol. The maximum atomic E-state index is 12.3. The van der Waals surface area contributed by atoms with Crippen LogP contribution in [0.3, 0.4) is 0 Å². The van der Waals surface area contributed by atoms with Gasteiger partial charge in [0, 0.05) is 44.3 Å². The molecule has 0 spiro atoms. The molecule has 1 amide bonds. The molecule has 0 bridgehead atoms. The highest BCUT2D eigenvalue weighted by molar-refractivity contribution is 9.09. The largest absolute Gasteiger partial charge is 0.354 e. The Morgan fingerprint density at radius 2 is 1.42 bits per heavy atom. The minimum absolute atomic E-state index is 0.00596. The van der Waals surface area contributed by atoms with Crippen molar-refractivity contribution in [2.24, 2.45) is 0 Å². The number of unbranched alkanes of at least 4 members (excludes halogenated alkanes) is 11. The normalized spacial score (nSPS) is 14.7. The van der Waals surface area contributed by atoms with E-state index >= 15 is 0 Å². The number of carbonyl (C=O) groups is 1. The summed E-state index contributed by atoms with van der Waals surface area (Å²) in [5, 5.41) is 4.19. The number of anilines is 1. The molecule has 1 aliphatic rings. The van der Waals surface area contributed by atoms with Crippen LogP contribution in [0.2, 0.25) is 0 Å². The Labute approximate surface area is 198 Å². The molecule has 2 heterocycles. The number of halogens is 1. The summed E-state index contributed by atoms with van der Waals surface area (Å²) >= 11 is 3.49. The van der Waals surface area contributed by atoms with Gasteiger partial charge in [-0.25, -0.2) is 4.98 Å². The van der Waals surface area contributed by atoms with Crippen LogP contribution in [0.1, 0.15) is 87.4 Å². The molecule has 1 fully saturated rings. The quantitative estimate of drug-likeness (QED) is 0.238. The monoisotopic (exact) mass is 494 g/mol. The van der Waals surface area contributed by atoms with Crippen molar-refractivity contribution in [2.75, 3.05) is 50.0 Å². The van der Waals surface area contributed by atoms with E-state index in [-0.39, 0.29) is 5.91 Å². The predicted octanol–water partition coefficient (Wildman–Crippen LogP) is 5.64. The highest BCUT2D eigenvalue weighted by atomic mass is 79.9. The van der Waals surface area contributed by atoms with Gasteiger partial charge < -0.3 is 15.1 Å². The molecule has 1 aliphatic heterocycles. The maximum absolute atomic E-state index is 12.3. The number of likely N-dealkylation sites (N-methyl/N-ethyl adjacent to an activating group) is 1. The summed E-state index contributed by atoms with van der Waals surface area (Å²) in [6.07, 6.45) is 17.6. The molecule has 1 aromatic heterocycles. The van der Waals surface area contributed by atoms with Gasteiger partial charge in [-0.2, -0.15) is 0 Å². The van der Waals surface area contributed by atoms with Crippen molar-refractivity contribution in [3.05, 3.63) is 23.9 Å². The molecule has 31 heavy (non-hydrogen) atoms. The third-order valence-electron chi connectivity index (χ3n) is 6.18. The fourth-order valence-corrected chi connectivity index (χ4v) is 4.43. The lowest BCUT2D eigenvalue weighted by Gasteiger charge is -2.33. The zero-order chi connectivity index (χ0) is 22.2. The number of hydrogen-bond donors (Lipinski definition) is 1. The topological polar surface area (TPSA) is 48.5 Å². The van der Waals surface area contributed by atoms with Crippen LogP contribution in [-0.4, -0.2) is 60.9 Å². The molecular formula is C25H43BrN4O. The summed E-state index contributed by atoms with van der Waals surface area (Å²) in [6.45, 7) is 4.86. The van der Waals surface area contributed by atoms with Crippen molar-refractivity contribution in [1.29, 1.82) is 0 Å². The van der Waals surface area contributed by atoms with E-state index < -0.39 is 0 Å². The van der Waals surface area contributed by atoms with Crippen LogP contribution in [0.25, 0.3) is 0 Å². The maximum Gasteiger partial charge on any atom is 0.252 e. The molecule has 6 heteroatoms. The van der Waals surface area contributed by atoms with E-state index in [0.29, 0.717) is 5.56 Å². The zero-order valence-electron chi connectivity index (χ0n) is 19.6. The van der Waals surface area contributed by atoms with Gasteiger partial charge in [0.2, 0.25) is 0 Å². The lowest BCUT2D eigenvalue weighted by atomic mass is 10.1. The second-order valence-electron chi connectivity index (χ2n) is 8.88. The molecule has 1 saturated heterocycles. The lowest BCUT2D eigenvalue weighted by Crippen LogP contribution is -2.44. The van der Waals surface area contributed by atoms with E-state index in [1.807, 2.05) is 12.1 Å². The van der Waals surface area contributed by atoms with Crippen LogP contribution in [0.4, 0.5) is 5.82 Å². The highest BCUT2D eigenvalue weighted by Gasteiger charge is 2.15. The van der Waals surface area contributed by atoms with Crippen molar-refractivity contribution in [3.63, 3.8) is 0 Å². The second kappa shape index (κ2) is 16.5. The van der Waals surface area contributed by atoms with E-state index in [2.05, 4.69) is 43.1 Å². The van der Waals surface area contributed by atoms with E-state index in [9.17, 15) is 4.79 Å². The lowest BCUT2D eigenvalue weighted by molar-refractivity contribution is 0.0952. The highest BCUT2D eigenvalue weighted by Crippen LogP contribution is 2.14. The molecule has 1 aromatic rings. The number of hydrogen-bond acceptors (Lipinski definition) is 4. The van der Waals surface area contributed by atoms with Crippen LogP contribution in [0.15, 0.2) is 18.3 Å². The second-order valence-corrected chi connectivity index (χ2v) is 9.68. The summed E-state index contributed by atoms with van der Waals surface area (Å²) in [5.74, 6) is 0.966. The van der Waals surface area contributed by atoms with Crippen LogP contribution >= 0.6 is 15.9 Å². The number of alkyl halides is 1. The smallest absolute Gasteiger partial charge is 0.252 e. The van der Waals surface area contributed by atoms with E-state index in [1.165, 1.54) is 70.6 Å². The van der Waals surface area contributed by atoms with Gasteiger partial charge in [0.05, 0.1) is 5.56 Å². The number of nitrogens with zero attached hydrogens (tertiary/aromatic N) is 3. The molecule has 0 aliphatic carbocycles. The van der Waals surface area contributed by atoms with Crippen molar-refractivity contribution < 1.29 is 4.79 Å². The molecule has 176 valence electrons. The summed E-state index contributed by atoms with van der Waals surface area (Å²) in [6, 6.07) is 3.88. The van der Waals surface area contributed by atoms with Gasteiger partial charge in [-0.05, 0) is 32.0 Å². The molecule has 0 atom stereocenters. The van der Waals surface area contributed by atoms with Crippen LogP contribution in [-0.2, 0) is 0 Å². The van der Waals surface area contributed by atoms with Gasteiger partial charge >= 0.3 is 0 Å². The first-order valence-corrected chi connectivity index (χ1v) is 13.6. The van der Waals surface area contributed by atoms with Crippen LogP contribution < -0.4 is 10.2 Å². The number of aromatic nitrogens is 1. The number of amides is 1. The third-order valence-corrected chi connectivity index (χ3v) is 6.74. The molecule has 0 aromatic carbocycles. The van der Waals surface area contributed by atoms with E-state index in [0.717, 1.165) is 50.3 Å². The molecule has 2 rings (SSSR count). The molecule has 0 saturated carbocycles. The van der Waals surface area contributed by atoms with Gasteiger partial charge in [0.25, 0.3) is 5.91 Å². The first-order chi connectivity index (χ1) is 15.2. The number of carbonyl (C=O) groups excluding carboxylic acids is 1. The predicted molar refractivity (Wildman–Crippen MR) is 135 cm³/mol. The molecule has 1 N–H and O–H groups in total. The Morgan fingerprint density at radius 1 is 0.871 bits per heavy atom. The molecule has 0 radical (unpaired) electrons. The Bertz CT molecular complexity index is 588. The molecular weight excluding hydrogens is 452 g/mol. The van der Waals surface area contributed by atoms with Gasteiger partial charge in [0.15, 0.2) is 0 Å². The zero-order valence-corrected chi connectivity index (χ0v) is 21.2. The standard InChI is InChI=1S/C25H43BrN4O/c1-29-18-20-30(21-19-29)24-15-14-23(22-28-24)25(31)27-17-13-11-9-7-5-3-2-4-6-8-10-12-16-26/h14-15,22H,2-13,16-21H2,1H3,(H,27,31). The van der Waals surface area contributed by atoms with E-state index in [4.69, 9.17) is 0 Å². The van der Waals surface area contributed by atoms with Crippen LogP contribution in [0, 0.1) is 0 Å². The summed E-state index contributed by atoms with van der Waals surface area (Å²) < 4.78 is 0. The van der Waals surface area contributed by atoms with Gasteiger partial charge in [-0.15, -0.1) is 0 Å². The van der Waals surface area contributed by atoms with Crippen molar-refractivity contribution in [1.82, 2.24) is 15.2 Å². The minimum Gasteiger partial charge on any atom is -0.354 e. The Kier molecular flexibility index (Phi) is 13.9. The minimum atomic E-state index is -0.00596. The summed E-state index contributed by atoms with van der Waals surface area (Å²) in [4.78, 5) is 21.4. The van der Waals surface area contributed by atoms with Crippen LogP contribution in [0.5, 0.6) is 0 Å².